The molecule has 1 nitrogen and oxygen atoms in total. The molecule has 17 heavy (non-hydrogen) atoms. The largest absolute Gasteiger partial charge is 0.330 e. The summed E-state index contributed by atoms with van der Waals surface area (Å²) in [6, 6.07) is 10.8. The molecule has 0 amide bonds. The minimum Gasteiger partial charge on any atom is -0.330 e. The van der Waals surface area contributed by atoms with E-state index in [1.165, 1.54) is 17.0 Å². The van der Waals surface area contributed by atoms with Gasteiger partial charge in [-0.15, -0.1) is 11.3 Å². The Morgan fingerprint density at radius 2 is 1.76 bits per heavy atom. The lowest BCUT2D eigenvalue weighted by Gasteiger charge is -2.20. The molecule has 0 unspecified atom stereocenters. The molecule has 0 radical (unpaired) electrons. The van der Waals surface area contributed by atoms with Crippen LogP contribution in [0.4, 0.5) is 4.39 Å². The highest BCUT2D eigenvalue weighted by molar-refractivity contribution is 7.15. The van der Waals surface area contributed by atoms with Gasteiger partial charge in [0.05, 0.1) is 0 Å². The Morgan fingerprint density at radius 3 is 2.35 bits per heavy atom. The fraction of sp³-hybridized carbons (Fsp3) is 0.286. The molecule has 0 fully saturated rings. The van der Waals surface area contributed by atoms with Crippen LogP contribution in [0.25, 0.3) is 10.4 Å². The first-order valence-corrected chi connectivity index (χ1v) is 6.41. The zero-order valence-electron chi connectivity index (χ0n) is 10.0. The maximum absolute atomic E-state index is 12.8. The quantitative estimate of drug-likeness (QED) is 0.880. The van der Waals surface area contributed by atoms with Gasteiger partial charge in [-0.05, 0) is 29.8 Å². The van der Waals surface area contributed by atoms with Gasteiger partial charge in [-0.25, -0.2) is 4.39 Å². The summed E-state index contributed by atoms with van der Waals surface area (Å²) in [5.74, 6) is -0.201. The summed E-state index contributed by atoms with van der Waals surface area (Å²) in [4.78, 5) is 2.42. The Morgan fingerprint density at radius 1 is 1.12 bits per heavy atom. The maximum atomic E-state index is 12.8. The van der Waals surface area contributed by atoms with Crippen LogP contribution in [-0.4, -0.2) is 6.54 Å². The number of nitrogens with two attached hydrogens (primary N) is 1. The van der Waals surface area contributed by atoms with Crippen LogP contribution in [0.5, 0.6) is 0 Å². The zero-order chi connectivity index (χ0) is 12.5. The Bertz CT molecular complexity index is 499. The van der Waals surface area contributed by atoms with E-state index in [1.54, 1.807) is 23.5 Å². The standard InChI is InChI=1S/C14H16FNS/c1-14(2,9-16)13-8-7-12(17-13)10-3-5-11(15)6-4-10/h3-8H,9,16H2,1-2H3. The van der Waals surface area contributed by atoms with Gasteiger partial charge in [0, 0.05) is 21.7 Å². The van der Waals surface area contributed by atoms with Crippen molar-refractivity contribution in [3.8, 4) is 10.4 Å². The SMILES string of the molecule is CC(C)(CN)c1ccc(-c2ccc(F)cc2)s1. The van der Waals surface area contributed by atoms with Crippen LogP contribution in [0, 0.1) is 5.82 Å². The van der Waals surface area contributed by atoms with Crippen molar-refractivity contribution in [2.75, 3.05) is 6.54 Å². The van der Waals surface area contributed by atoms with Crippen LogP contribution in [-0.2, 0) is 5.41 Å². The van der Waals surface area contributed by atoms with Crippen LogP contribution >= 0.6 is 11.3 Å². The Hall–Kier alpha value is -1.19. The summed E-state index contributed by atoms with van der Waals surface area (Å²) in [6.45, 7) is 4.89. The van der Waals surface area contributed by atoms with Gasteiger partial charge in [0.15, 0.2) is 0 Å². The first-order chi connectivity index (χ1) is 8.03. The molecule has 0 saturated carbocycles. The molecule has 0 aliphatic carbocycles. The van der Waals surface area contributed by atoms with Crippen molar-refractivity contribution in [3.63, 3.8) is 0 Å². The third-order valence-electron chi connectivity index (χ3n) is 2.91. The molecular formula is C14H16FNS. The van der Waals surface area contributed by atoms with Gasteiger partial charge in [0.25, 0.3) is 0 Å². The van der Waals surface area contributed by atoms with Gasteiger partial charge in [0.2, 0.25) is 0 Å². The first kappa shape index (κ1) is 12.3. The first-order valence-electron chi connectivity index (χ1n) is 5.59. The average Bonchev–Trinajstić information content (AvgIpc) is 2.80. The van der Waals surface area contributed by atoms with Crippen LogP contribution in [0.15, 0.2) is 36.4 Å². The highest BCUT2D eigenvalue weighted by Crippen LogP contribution is 2.34. The summed E-state index contributed by atoms with van der Waals surface area (Å²) in [6.07, 6.45) is 0. The van der Waals surface area contributed by atoms with E-state index in [9.17, 15) is 4.39 Å². The second-order valence-electron chi connectivity index (χ2n) is 4.76. The van der Waals surface area contributed by atoms with Crippen LogP contribution < -0.4 is 5.73 Å². The Labute approximate surface area is 105 Å². The normalized spacial score (nSPS) is 11.8. The molecule has 2 rings (SSSR count). The molecule has 1 aromatic carbocycles. The van der Waals surface area contributed by atoms with E-state index in [0.717, 1.165) is 10.4 Å². The van der Waals surface area contributed by atoms with Gasteiger partial charge in [0.1, 0.15) is 5.82 Å². The third-order valence-corrected chi connectivity index (χ3v) is 4.41. The fourth-order valence-electron chi connectivity index (χ4n) is 1.57. The lowest BCUT2D eigenvalue weighted by atomic mass is 9.92. The number of benzene rings is 1. The van der Waals surface area contributed by atoms with Crippen molar-refractivity contribution in [1.29, 1.82) is 0 Å². The zero-order valence-corrected chi connectivity index (χ0v) is 10.9. The Balaban J connectivity index is 2.33. The highest BCUT2D eigenvalue weighted by Gasteiger charge is 2.20. The molecule has 1 aromatic heterocycles. The number of hydrogen-bond acceptors (Lipinski definition) is 2. The van der Waals surface area contributed by atoms with Gasteiger partial charge >= 0.3 is 0 Å². The van der Waals surface area contributed by atoms with Gasteiger partial charge in [-0.2, -0.15) is 0 Å². The Kier molecular flexibility index (Phi) is 3.31. The molecule has 0 aliphatic rings. The van der Waals surface area contributed by atoms with Crippen molar-refractivity contribution in [1.82, 2.24) is 0 Å². The molecule has 0 spiro atoms. The molecule has 2 aromatic rings. The van der Waals surface area contributed by atoms with E-state index in [-0.39, 0.29) is 11.2 Å². The van der Waals surface area contributed by atoms with E-state index in [0.29, 0.717) is 6.54 Å². The second-order valence-corrected chi connectivity index (χ2v) is 5.84. The maximum Gasteiger partial charge on any atom is 0.123 e. The lowest BCUT2D eigenvalue weighted by Crippen LogP contribution is -2.26. The van der Waals surface area contributed by atoms with Crippen LogP contribution in [0.1, 0.15) is 18.7 Å². The predicted octanol–water partition coefficient (Wildman–Crippen LogP) is 3.79. The summed E-state index contributed by atoms with van der Waals surface area (Å²) in [7, 11) is 0. The predicted molar refractivity (Wildman–Crippen MR) is 71.8 cm³/mol. The number of rotatable bonds is 3. The molecule has 3 heteroatoms. The van der Waals surface area contributed by atoms with E-state index in [4.69, 9.17) is 5.73 Å². The fourth-order valence-corrected chi connectivity index (χ4v) is 2.69. The van der Waals surface area contributed by atoms with Crippen molar-refractivity contribution < 1.29 is 4.39 Å². The molecule has 1 heterocycles. The average molecular weight is 249 g/mol. The molecular weight excluding hydrogens is 233 g/mol. The van der Waals surface area contributed by atoms with E-state index in [1.807, 2.05) is 0 Å². The van der Waals surface area contributed by atoms with E-state index >= 15 is 0 Å². The lowest BCUT2D eigenvalue weighted by molar-refractivity contribution is 0.550. The second kappa shape index (κ2) is 4.59. The smallest absolute Gasteiger partial charge is 0.123 e. The topological polar surface area (TPSA) is 26.0 Å². The van der Waals surface area contributed by atoms with Crippen LogP contribution in [0.3, 0.4) is 0 Å². The minimum atomic E-state index is -0.201. The number of thiophene rings is 1. The molecule has 2 N–H and O–H groups in total. The van der Waals surface area contributed by atoms with E-state index < -0.39 is 0 Å². The summed E-state index contributed by atoms with van der Waals surface area (Å²) >= 11 is 1.72. The summed E-state index contributed by atoms with van der Waals surface area (Å²) < 4.78 is 12.8. The van der Waals surface area contributed by atoms with Crippen molar-refractivity contribution in [3.05, 3.63) is 47.1 Å². The number of halogens is 1. The summed E-state index contributed by atoms with van der Waals surface area (Å²) in [5.41, 5.74) is 6.82. The van der Waals surface area contributed by atoms with Gasteiger partial charge in [-0.3, -0.25) is 0 Å². The molecule has 90 valence electrons. The highest BCUT2D eigenvalue weighted by atomic mass is 32.1. The minimum absolute atomic E-state index is 0.00292. The van der Waals surface area contributed by atoms with Gasteiger partial charge < -0.3 is 5.73 Å². The molecule has 0 bridgehead atoms. The van der Waals surface area contributed by atoms with Crippen molar-refractivity contribution >= 4 is 11.3 Å². The molecule has 0 saturated heterocycles. The molecule has 0 aliphatic heterocycles. The monoisotopic (exact) mass is 249 g/mol. The summed E-state index contributed by atoms with van der Waals surface area (Å²) in [5, 5.41) is 0. The molecule has 0 atom stereocenters. The number of hydrogen-bond donors (Lipinski definition) is 1. The van der Waals surface area contributed by atoms with Crippen LogP contribution in [0.2, 0.25) is 0 Å². The van der Waals surface area contributed by atoms with Gasteiger partial charge in [-0.1, -0.05) is 26.0 Å². The third kappa shape index (κ3) is 2.56. The van der Waals surface area contributed by atoms with E-state index in [2.05, 4.69) is 26.0 Å². The van der Waals surface area contributed by atoms with Crippen molar-refractivity contribution in [2.24, 2.45) is 5.73 Å². The van der Waals surface area contributed by atoms with Crippen molar-refractivity contribution in [2.45, 2.75) is 19.3 Å².